The largest absolute Gasteiger partial charge is 0.369 e. The summed E-state index contributed by atoms with van der Waals surface area (Å²) in [5.41, 5.74) is 5.31. The molecule has 0 amide bonds. The number of rotatable bonds is 8. The zero-order valence-corrected chi connectivity index (χ0v) is 39.8. The Hall–Kier alpha value is -13.1. The molecule has 1 atom stereocenters. The summed E-state index contributed by atoms with van der Waals surface area (Å²) in [4.78, 5) is 26.7. The molecule has 0 bridgehead atoms. The van der Waals surface area contributed by atoms with Crippen molar-refractivity contribution in [2.75, 3.05) is 0 Å². The van der Waals surface area contributed by atoms with Gasteiger partial charge in [-0.05, 0) is 66.7 Å². The average molecular weight is 997 g/mol. The molecule has 18 heteroatoms. The molecule has 1 unspecified atom stereocenters. The number of fused-ring (bicyclic) bond motifs is 6. The predicted octanol–water partition coefficient (Wildman–Crippen LogP) is 9.29. The van der Waals surface area contributed by atoms with Crippen LogP contribution in [0, 0.1) is 124 Å². The third-order valence-corrected chi connectivity index (χ3v) is 12.9. The summed E-state index contributed by atoms with van der Waals surface area (Å²) in [5, 5.41) is 121. The molecular weight excluding hydrogens is 973 g/mol. The smallest absolute Gasteiger partial charge is 0.119 e. The minimum absolute atomic E-state index is 0.0194. The van der Waals surface area contributed by atoms with Crippen molar-refractivity contribution < 1.29 is 0 Å². The zero-order chi connectivity index (χ0) is 54.8. The summed E-state index contributed by atoms with van der Waals surface area (Å²) in [6.45, 7) is 0. The highest BCUT2D eigenvalue weighted by molar-refractivity contribution is 6.16. The highest BCUT2D eigenvalue weighted by atomic mass is 15.1. The van der Waals surface area contributed by atoms with E-state index >= 15 is 0 Å². The SMILES string of the molecule is N#Cc1ccc(C2=C(c3ccc(C=N)c(C#N)c3)NC3C(=N2)c2nc(-c4ccc(C#N)c(C#N)c4)c(-c4ccc(C#N)c(C=N)c4)nc2-c2nc(-c4ccc(C#N)c(C#N)c4)c(-c4ccc(C#N)c(C#N)c4)nc23)cc1C#N. The van der Waals surface area contributed by atoms with Gasteiger partial charge in [-0.3, -0.25) is 0 Å². The Morgan fingerprint density at radius 1 is 0.346 bits per heavy atom. The van der Waals surface area contributed by atoms with Crippen LogP contribution >= 0.6 is 0 Å². The molecule has 354 valence electrons. The Bertz CT molecular complexity index is 4600. The van der Waals surface area contributed by atoms with E-state index in [9.17, 15) is 52.6 Å². The third-order valence-electron chi connectivity index (χ3n) is 12.9. The van der Waals surface area contributed by atoms with Gasteiger partial charge in [-0.25, -0.2) is 24.9 Å². The number of nitriles is 10. The van der Waals surface area contributed by atoms with Gasteiger partial charge in [-0.1, -0.05) is 42.5 Å². The van der Waals surface area contributed by atoms with Crippen LogP contribution in [0.3, 0.4) is 0 Å². The molecule has 0 saturated carbocycles. The molecule has 0 saturated heterocycles. The van der Waals surface area contributed by atoms with Crippen molar-refractivity contribution in [1.29, 1.82) is 63.4 Å². The molecule has 1 aliphatic carbocycles. The lowest BCUT2D eigenvalue weighted by molar-refractivity contribution is 0.758. The molecule has 0 radical (unpaired) electrons. The van der Waals surface area contributed by atoms with Gasteiger partial charge < -0.3 is 16.1 Å². The van der Waals surface area contributed by atoms with Crippen molar-refractivity contribution in [2.24, 2.45) is 4.99 Å². The highest BCUT2D eigenvalue weighted by Gasteiger charge is 2.41. The second kappa shape index (κ2) is 19.9. The van der Waals surface area contributed by atoms with Crippen LogP contribution < -0.4 is 5.32 Å². The number of aliphatic imine (C=N–C) groups is 1. The standard InChI is InChI=1S/C60H24N18/c61-19-37-7-1-31(13-43(37)25-67)49-50(32-2-8-38(20-62)44(14-32)26-68)74-56-55(73-49)57-59(77-52(34-4-10-40(22-64)46(16-34)28-70)51(75-57)33-3-9-39(21-63)45(15-33)27-69)60-58(56)76-53(35-5-11-41(23-65)47(17-35)29-71)54(78-60)36-6-12-42(24-66)48(18-36)30-72/h1-19,30,55,61,72-73H. The molecule has 1 aliphatic heterocycles. The predicted molar refractivity (Wildman–Crippen MR) is 280 cm³/mol. The molecule has 3 N–H and O–H groups in total. The molecular formula is C60H24N18. The lowest BCUT2D eigenvalue weighted by Gasteiger charge is -2.34. The maximum atomic E-state index is 10.3. The second-order valence-electron chi connectivity index (χ2n) is 17.1. The quantitative estimate of drug-likeness (QED) is 0.119. The van der Waals surface area contributed by atoms with E-state index in [0.29, 0.717) is 44.6 Å². The Kier molecular flexibility index (Phi) is 12.4. The molecule has 0 spiro atoms. The highest BCUT2D eigenvalue weighted by Crippen LogP contribution is 2.46. The first-order valence-corrected chi connectivity index (χ1v) is 22.9. The van der Waals surface area contributed by atoms with Crippen LogP contribution in [0.15, 0.2) is 114 Å². The zero-order valence-electron chi connectivity index (χ0n) is 39.8. The molecule has 78 heavy (non-hydrogen) atoms. The maximum Gasteiger partial charge on any atom is 0.119 e. The normalized spacial score (nSPS) is 12.3. The van der Waals surface area contributed by atoms with Crippen molar-refractivity contribution in [2.45, 2.75) is 6.04 Å². The van der Waals surface area contributed by atoms with Crippen molar-refractivity contribution in [1.82, 2.24) is 25.3 Å². The summed E-state index contributed by atoms with van der Waals surface area (Å²) < 4.78 is 0. The van der Waals surface area contributed by atoms with Gasteiger partial charge in [0.1, 0.15) is 71.7 Å². The molecule has 10 rings (SSSR count). The average Bonchev–Trinajstić information content (AvgIpc) is 3.70. The summed E-state index contributed by atoms with van der Waals surface area (Å²) in [7, 11) is 0. The number of hydrogen-bond acceptors (Lipinski definition) is 18. The molecule has 18 nitrogen and oxygen atoms in total. The van der Waals surface area contributed by atoms with E-state index in [1.807, 2.05) is 24.3 Å². The number of benzene rings is 6. The van der Waals surface area contributed by atoms with Crippen LogP contribution in [0.2, 0.25) is 0 Å². The summed E-state index contributed by atoms with van der Waals surface area (Å²) >= 11 is 0. The Morgan fingerprint density at radius 3 is 1.18 bits per heavy atom. The molecule has 2 aromatic heterocycles. The van der Waals surface area contributed by atoms with E-state index in [4.69, 9.17) is 35.7 Å². The van der Waals surface area contributed by atoms with Crippen molar-refractivity contribution in [3.63, 3.8) is 0 Å². The number of nitrogens with one attached hydrogen (secondary N) is 3. The van der Waals surface area contributed by atoms with Gasteiger partial charge in [0, 0.05) is 56.9 Å². The van der Waals surface area contributed by atoms with Crippen LogP contribution in [0.5, 0.6) is 0 Å². The summed E-state index contributed by atoms with van der Waals surface area (Å²) in [6, 6.07) is 47.3. The number of hydrogen-bond donors (Lipinski definition) is 3. The van der Waals surface area contributed by atoms with Gasteiger partial charge >= 0.3 is 0 Å². The fourth-order valence-corrected chi connectivity index (χ4v) is 9.14. The summed E-state index contributed by atoms with van der Waals surface area (Å²) in [6.07, 6.45) is 2.06. The molecule has 0 fully saturated rings. The molecule has 6 aromatic carbocycles. The monoisotopic (exact) mass is 996 g/mol. The van der Waals surface area contributed by atoms with Crippen molar-refractivity contribution in [3.8, 4) is 117 Å². The van der Waals surface area contributed by atoms with E-state index in [1.54, 1.807) is 54.6 Å². The fourth-order valence-electron chi connectivity index (χ4n) is 9.14. The second-order valence-corrected chi connectivity index (χ2v) is 17.1. The summed E-state index contributed by atoms with van der Waals surface area (Å²) in [5.74, 6) is 0. The van der Waals surface area contributed by atoms with Gasteiger partial charge in [0.25, 0.3) is 0 Å². The van der Waals surface area contributed by atoms with E-state index in [0.717, 1.165) is 12.4 Å². The van der Waals surface area contributed by atoms with Crippen molar-refractivity contribution >= 4 is 29.5 Å². The fraction of sp³-hybridized carbons (Fsp3) is 0.0167. The number of nitrogens with zero attached hydrogens (tertiary/aromatic N) is 15. The van der Waals surface area contributed by atoms with E-state index in [1.165, 1.54) is 54.6 Å². The minimum atomic E-state index is -1.12. The Morgan fingerprint density at radius 2 is 0.718 bits per heavy atom. The van der Waals surface area contributed by atoms with Crippen molar-refractivity contribution in [3.05, 3.63) is 198 Å². The van der Waals surface area contributed by atoms with Gasteiger partial charge in [0.05, 0.1) is 113 Å². The molecule has 2 aliphatic rings. The Labute approximate surface area is 443 Å². The van der Waals surface area contributed by atoms with Gasteiger partial charge in [0.15, 0.2) is 0 Å². The van der Waals surface area contributed by atoms with Gasteiger partial charge in [-0.15, -0.1) is 0 Å². The maximum absolute atomic E-state index is 10.3. The lowest BCUT2D eigenvalue weighted by atomic mass is 9.87. The first kappa shape index (κ1) is 48.6. The van der Waals surface area contributed by atoms with Crippen LogP contribution in [0.4, 0.5) is 0 Å². The minimum Gasteiger partial charge on any atom is -0.369 e. The van der Waals surface area contributed by atoms with Gasteiger partial charge in [0.2, 0.25) is 0 Å². The van der Waals surface area contributed by atoms with Crippen LogP contribution in [0.25, 0.3) is 67.8 Å². The lowest BCUT2D eigenvalue weighted by Crippen LogP contribution is -2.37. The van der Waals surface area contributed by atoms with E-state index < -0.39 is 6.04 Å². The number of aromatic nitrogens is 4. The first-order chi connectivity index (χ1) is 38.1. The molecule has 3 heterocycles. The Balaban J connectivity index is 1.39. The van der Waals surface area contributed by atoms with Crippen LogP contribution in [-0.4, -0.2) is 38.1 Å². The topological polar surface area (TPSA) is 362 Å². The molecule has 8 aromatic rings. The van der Waals surface area contributed by atoms with Gasteiger partial charge in [-0.2, -0.15) is 52.6 Å². The van der Waals surface area contributed by atoms with E-state index in [2.05, 4.69) is 41.7 Å². The first-order valence-electron chi connectivity index (χ1n) is 22.9. The third kappa shape index (κ3) is 8.07. The van der Waals surface area contributed by atoms with Crippen LogP contribution in [-0.2, 0) is 0 Å². The van der Waals surface area contributed by atoms with E-state index in [-0.39, 0.29) is 118 Å². The van der Waals surface area contributed by atoms with Crippen LogP contribution in [0.1, 0.15) is 95.3 Å².